The molecule has 2 aliphatic heterocycles. The summed E-state index contributed by atoms with van der Waals surface area (Å²) >= 11 is 0. The second-order valence-corrected chi connectivity index (χ2v) is 10.4. The maximum Gasteiger partial charge on any atom is 0.251 e. The Hall–Kier alpha value is -5.09. The number of hydrogen-bond donors (Lipinski definition) is 3. The third-order valence-electron chi connectivity index (χ3n) is 7.66. The Labute approximate surface area is 236 Å². The molecule has 204 valence electrons. The second-order valence-electron chi connectivity index (χ2n) is 10.4. The van der Waals surface area contributed by atoms with Crippen LogP contribution in [0.25, 0.3) is 16.9 Å². The van der Waals surface area contributed by atoms with Crippen LogP contribution in [-0.2, 0) is 13.1 Å². The lowest BCUT2D eigenvalue weighted by Gasteiger charge is -2.17. The Balaban J connectivity index is 1.01. The summed E-state index contributed by atoms with van der Waals surface area (Å²) in [5, 5.41) is 13.7. The molecular weight excluding hydrogens is 516 g/mol. The maximum absolute atomic E-state index is 12.9. The quantitative estimate of drug-likeness (QED) is 0.286. The van der Waals surface area contributed by atoms with E-state index in [0.717, 1.165) is 48.6 Å². The Bertz CT molecular complexity index is 1750. The summed E-state index contributed by atoms with van der Waals surface area (Å²) < 4.78 is 1.73. The summed E-state index contributed by atoms with van der Waals surface area (Å²) in [6.07, 6.45) is 4.16. The van der Waals surface area contributed by atoms with Crippen LogP contribution >= 0.6 is 0 Å². The molecule has 1 atom stereocenters. The summed E-state index contributed by atoms with van der Waals surface area (Å²) in [4.78, 5) is 36.3. The van der Waals surface area contributed by atoms with E-state index in [1.165, 1.54) is 11.9 Å². The number of benzene rings is 3. The highest BCUT2D eigenvalue weighted by Gasteiger charge is 2.24. The number of likely N-dealkylation sites (tertiary alicyclic amines) is 1. The number of nitrogens with one attached hydrogen (secondary N) is 3. The number of carbonyl (C=O) groups excluding carboxylic acids is 2. The SMILES string of the molecule is O=C(NC1CCN(Cc2ccccc2)C1)c1ccc(Nc2ncc(-c3ccc4c(c3)CNC4=O)n3ncnc23)cc1. The highest BCUT2D eigenvalue weighted by molar-refractivity contribution is 5.99. The minimum absolute atomic E-state index is 0.0531. The van der Waals surface area contributed by atoms with E-state index in [1.54, 1.807) is 10.7 Å². The minimum atomic E-state index is -0.0725. The summed E-state index contributed by atoms with van der Waals surface area (Å²) in [6, 6.07) is 23.6. The van der Waals surface area contributed by atoms with Crippen LogP contribution in [0.5, 0.6) is 0 Å². The fourth-order valence-corrected chi connectivity index (χ4v) is 5.54. The third-order valence-corrected chi connectivity index (χ3v) is 7.66. The van der Waals surface area contributed by atoms with Crippen LogP contribution in [0.2, 0.25) is 0 Å². The molecule has 1 saturated heterocycles. The largest absolute Gasteiger partial charge is 0.348 e. The zero-order chi connectivity index (χ0) is 27.8. The molecule has 0 radical (unpaired) electrons. The molecule has 1 unspecified atom stereocenters. The van der Waals surface area contributed by atoms with Gasteiger partial charge in [-0.15, -0.1) is 0 Å². The van der Waals surface area contributed by atoms with Gasteiger partial charge < -0.3 is 16.0 Å². The summed E-state index contributed by atoms with van der Waals surface area (Å²) in [5.41, 5.74) is 6.56. The summed E-state index contributed by atoms with van der Waals surface area (Å²) in [6.45, 7) is 3.22. The molecule has 2 amide bonds. The van der Waals surface area contributed by atoms with Gasteiger partial charge in [-0.2, -0.15) is 5.10 Å². The minimum Gasteiger partial charge on any atom is -0.348 e. The Morgan fingerprint density at radius 1 is 1.02 bits per heavy atom. The topological polar surface area (TPSA) is 117 Å². The fraction of sp³-hybridized carbons (Fsp3) is 0.194. The predicted octanol–water partition coefficient (Wildman–Crippen LogP) is 3.78. The van der Waals surface area contributed by atoms with Crippen molar-refractivity contribution in [2.24, 2.45) is 0 Å². The van der Waals surface area contributed by atoms with Crippen LogP contribution in [-0.4, -0.2) is 55.4 Å². The molecule has 2 aromatic heterocycles. The monoisotopic (exact) mass is 544 g/mol. The van der Waals surface area contributed by atoms with Crippen LogP contribution in [0.1, 0.15) is 38.3 Å². The lowest BCUT2D eigenvalue weighted by atomic mass is 10.0. The number of nitrogens with zero attached hydrogens (tertiary/aromatic N) is 5. The van der Waals surface area contributed by atoms with Crippen molar-refractivity contribution in [3.8, 4) is 11.3 Å². The summed E-state index contributed by atoms with van der Waals surface area (Å²) in [7, 11) is 0. The van der Waals surface area contributed by atoms with E-state index in [-0.39, 0.29) is 17.9 Å². The van der Waals surface area contributed by atoms with Gasteiger partial charge in [0.15, 0.2) is 11.5 Å². The van der Waals surface area contributed by atoms with Crippen molar-refractivity contribution in [2.45, 2.75) is 25.6 Å². The Morgan fingerprint density at radius 3 is 2.73 bits per heavy atom. The molecule has 0 spiro atoms. The first-order valence-electron chi connectivity index (χ1n) is 13.7. The lowest BCUT2D eigenvalue weighted by Crippen LogP contribution is -2.36. The van der Waals surface area contributed by atoms with Gasteiger partial charge >= 0.3 is 0 Å². The lowest BCUT2D eigenvalue weighted by molar-refractivity contribution is 0.0935. The third kappa shape index (κ3) is 5.01. The Morgan fingerprint density at radius 2 is 1.88 bits per heavy atom. The molecule has 41 heavy (non-hydrogen) atoms. The van der Waals surface area contributed by atoms with Gasteiger partial charge in [-0.3, -0.25) is 14.5 Å². The van der Waals surface area contributed by atoms with Crippen molar-refractivity contribution < 1.29 is 9.59 Å². The molecule has 0 bridgehead atoms. The van der Waals surface area contributed by atoms with E-state index in [9.17, 15) is 9.59 Å². The van der Waals surface area contributed by atoms with Crippen molar-refractivity contribution >= 4 is 29.0 Å². The van der Waals surface area contributed by atoms with Crippen LogP contribution in [0.4, 0.5) is 11.5 Å². The first kappa shape index (κ1) is 24.9. The molecule has 0 aliphatic carbocycles. The van der Waals surface area contributed by atoms with Crippen molar-refractivity contribution in [3.63, 3.8) is 0 Å². The first-order valence-corrected chi connectivity index (χ1v) is 13.7. The molecular formula is C31H28N8O2. The maximum atomic E-state index is 12.9. The molecule has 10 heteroatoms. The molecule has 5 aromatic rings. The molecule has 3 aromatic carbocycles. The van der Waals surface area contributed by atoms with E-state index in [4.69, 9.17) is 0 Å². The number of rotatable bonds is 7. The van der Waals surface area contributed by atoms with Crippen molar-refractivity contribution in [2.75, 3.05) is 18.4 Å². The molecule has 0 saturated carbocycles. The number of anilines is 2. The van der Waals surface area contributed by atoms with Gasteiger partial charge in [-0.25, -0.2) is 14.5 Å². The molecule has 10 nitrogen and oxygen atoms in total. The van der Waals surface area contributed by atoms with Gasteiger partial charge in [-0.1, -0.05) is 36.4 Å². The van der Waals surface area contributed by atoms with E-state index >= 15 is 0 Å². The van der Waals surface area contributed by atoms with E-state index in [0.29, 0.717) is 29.1 Å². The average molecular weight is 545 g/mol. The van der Waals surface area contributed by atoms with E-state index < -0.39 is 0 Å². The zero-order valence-electron chi connectivity index (χ0n) is 22.2. The standard InChI is InChI=1S/C31H28N8O2/c40-30(37-25-12-13-38(18-25)17-20-4-2-1-3-5-20)21-6-9-24(10-7-21)36-28-29-34-19-35-39(29)27(16-32-28)22-8-11-26-23(14-22)15-33-31(26)41/h1-11,14,16,19,25H,12-13,15,17-18H2,(H,32,36)(H,33,41)(H,37,40). The number of fused-ring (bicyclic) bond motifs is 2. The zero-order valence-corrected chi connectivity index (χ0v) is 22.2. The van der Waals surface area contributed by atoms with Crippen LogP contribution < -0.4 is 16.0 Å². The van der Waals surface area contributed by atoms with Crippen molar-refractivity contribution in [1.29, 1.82) is 0 Å². The number of amides is 2. The number of carbonyl (C=O) groups is 2. The van der Waals surface area contributed by atoms with E-state index in [1.807, 2.05) is 48.5 Å². The predicted molar refractivity (Wildman–Crippen MR) is 155 cm³/mol. The smallest absolute Gasteiger partial charge is 0.251 e. The summed E-state index contributed by atoms with van der Waals surface area (Å²) in [5.74, 6) is 0.422. The average Bonchev–Trinajstić information content (AvgIpc) is 3.75. The van der Waals surface area contributed by atoms with Gasteiger partial charge in [0.25, 0.3) is 11.8 Å². The van der Waals surface area contributed by atoms with Crippen LogP contribution in [0.3, 0.4) is 0 Å². The fourth-order valence-electron chi connectivity index (χ4n) is 5.54. The van der Waals surface area contributed by atoms with Crippen LogP contribution in [0, 0.1) is 0 Å². The molecule has 4 heterocycles. The first-order chi connectivity index (χ1) is 20.1. The molecule has 3 N–H and O–H groups in total. The highest BCUT2D eigenvalue weighted by Crippen LogP contribution is 2.27. The second kappa shape index (κ2) is 10.5. The number of aromatic nitrogens is 4. The van der Waals surface area contributed by atoms with Gasteiger partial charge in [0.2, 0.25) is 0 Å². The highest BCUT2D eigenvalue weighted by atomic mass is 16.2. The van der Waals surface area contributed by atoms with Gasteiger partial charge in [-0.05, 0) is 53.9 Å². The van der Waals surface area contributed by atoms with Gasteiger partial charge in [0.05, 0.1) is 11.9 Å². The normalized spacial score (nSPS) is 16.5. The van der Waals surface area contributed by atoms with Crippen molar-refractivity contribution in [1.82, 2.24) is 35.1 Å². The molecule has 1 fully saturated rings. The van der Waals surface area contributed by atoms with E-state index in [2.05, 4.69) is 60.2 Å². The number of hydrogen-bond acceptors (Lipinski definition) is 7. The Kier molecular flexibility index (Phi) is 6.36. The van der Waals surface area contributed by atoms with Crippen molar-refractivity contribution in [3.05, 3.63) is 108 Å². The molecule has 7 rings (SSSR count). The molecule has 2 aliphatic rings. The van der Waals surface area contributed by atoms with Crippen LogP contribution in [0.15, 0.2) is 85.3 Å². The van der Waals surface area contributed by atoms with Gasteiger partial charge in [0, 0.05) is 54.6 Å². The van der Waals surface area contributed by atoms with Gasteiger partial charge in [0.1, 0.15) is 6.33 Å².